The first-order valence-electron chi connectivity index (χ1n) is 6.57. The van der Waals surface area contributed by atoms with Gasteiger partial charge in [0.1, 0.15) is 18.3 Å². The number of nitrogens with one attached hydrogen (secondary N) is 1. The summed E-state index contributed by atoms with van der Waals surface area (Å²) in [6.45, 7) is 5.79. The first kappa shape index (κ1) is 13.0. The molecule has 3 nitrogen and oxygen atoms in total. The van der Waals surface area contributed by atoms with Crippen molar-refractivity contribution in [1.29, 1.82) is 0 Å². The third kappa shape index (κ3) is 2.53. The highest BCUT2D eigenvalue weighted by Crippen LogP contribution is 2.31. The number of nitrogens with zero attached hydrogens (tertiary/aromatic N) is 2. The molecular formula is C14H20FN3. The van der Waals surface area contributed by atoms with Crippen LogP contribution in [0.15, 0.2) is 29.3 Å². The van der Waals surface area contributed by atoms with Gasteiger partial charge in [0, 0.05) is 12.5 Å². The number of benzene rings is 1. The summed E-state index contributed by atoms with van der Waals surface area (Å²) in [5, 5.41) is 2.02. The lowest BCUT2D eigenvalue weighted by molar-refractivity contribution is 0.366. The number of rotatable bonds is 1. The minimum Gasteiger partial charge on any atom is -0.294 e. The van der Waals surface area contributed by atoms with Crippen LogP contribution in [0.3, 0.4) is 0 Å². The smallest absolute Gasteiger partial charge is 0.127 e. The van der Waals surface area contributed by atoms with Gasteiger partial charge in [0.2, 0.25) is 0 Å². The van der Waals surface area contributed by atoms with Crippen LogP contribution in [0.5, 0.6) is 0 Å². The number of hydrogen-bond donors (Lipinski definition) is 1. The van der Waals surface area contributed by atoms with Gasteiger partial charge in [-0.25, -0.2) is 9.82 Å². The Kier molecular flexibility index (Phi) is 4.31. The lowest BCUT2D eigenvalue weighted by Gasteiger charge is -2.13. The fourth-order valence-corrected chi connectivity index (χ4v) is 2.30. The molecule has 0 aromatic heterocycles. The normalized spacial score (nSPS) is 21.2. The van der Waals surface area contributed by atoms with Crippen molar-refractivity contribution < 1.29 is 4.39 Å². The van der Waals surface area contributed by atoms with Crippen molar-refractivity contribution in [3.8, 4) is 0 Å². The fraction of sp³-hybridized carbons (Fsp3) is 0.500. The van der Waals surface area contributed by atoms with E-state index in [1.54, 1.807) is 6.07 Å². The van der Waals surface area contributed by atoms with Gasteiger partial charge >= 0.3 is 0 Å². The summed E-state index contributed by atoms with van der Waals surface area (Å²) in [5.41, 5.74) is 3.91. The average molecular weight is 249 g/mol. The predicted molar refractivity (Wildman–Crippen MR) is 71.9 cm³/mol. The summed E-state index contributed by atoms with van der Waals surface area (Å²) >= 11 is 0. The van der Waals surface area contributed by atoms with Crippen LogP contribution in [0.2, 0.25) is 0 Å². The molecule has 0 aliphatic carbocycles. The van der Waals surface area contributed by atoms with E-state index in [1.807, 2.05) is 17.1 Å². The van der Waals surface area contributed by atoms with Gasteiger partial charge in [0.15, 0.2) is 0 Å². The molecule has 1 fully saturated rings. The molecule has 2 aliphatic rings. The Morgan fingerprint density at radius 2 is 2.11 bits per heavy atom. The van der Waals surface area contributed by atoms with E-state index in [4.69, 9.17) is 0 Å². The van der Waals surface area contributed by atoms with E-state index in [0.717, 1.165) is 24.4 Å². The minimum absolute atomic E-state index is 0.126. The number of hydrazine groups is 1. The van der Waals surface area contributed by atoms with Gasteiger partial charge in [-0.15, -0.1) is 0 Å². The SMILES string of the molecule is CCC.Fc1ccccc1C1CCN2NCN=C12. The second kappa shape index (κ2) is 5.96. The van der Waals surface area contributed by atoms with E-state index in [1.165, 1.54) is 12.5 Å². The molecule has 2 aliphatic heterocycles. The largest absolute Gasteiger partial charge is 0.294 e. The van der Waals surface area contributed by atoms with Crippen molar-refractivity contribution in [3.05, 3.63) is 35.6 Å². The lowest BCUT2D eigenvalue weighted by Crippen LogP contribution is -2.33. The summed E-state index contributed by atoms with van der Waals surface area (Å²) in [6, 6.07) is 6.97. The number of amidine groups is 1. The van der Waals surface area contributed by atoms with Crippen LogP contribution in [-0.2, 0) is 0 Å². The predicted octanol–water partition coefficient (Wildman–Crippen LogP) is 2.91. The fourth-order valence-electron chi connectivity index (χ4n) is 2.30. The zero-order valence-corrected chi connectivity index (χ0v) is 11.0. The Morgan fingerprint density at radius 1 is 1.39 bits per heavy atom. The highest BCUT2D eigenvalue weighted by atomic mass is 19.1. The van der Waals surface area contributed by atoms with Gasteiger partial charge in [0.05, 0.1) is 0 Å². The molecule has 1 aromatic carbocycles. The third-order valence-electron chi connectivity index (χ3n) is 3.01. The maximum Gasteiger partial charge on any atom is 0.127 e. The average Bonchev–Trinajstić information content (AvgIpc) is 2.93. The summed E-state index contributed by atoms with van der Waals surface area (Å²) < 4.78 is 13.6. The zero-order chi connectivity index (χ0) is 13.0. The summed E-state index contributed by atoms with van der Waals surface area (Å²) in [6.07, 6.45) is 2.19. The van der Waals surface area contributed by atoms with Crippen LogP contribution >= 0.6 is 0 Å². The van der Waals surface area contributed by atoms with E-state index in [2.05, 4.69) is 24.3 Å². The molecule has 1 aromatic rings. The lowest BCUT2D eigenvalue weighted by atomic mass is 9.97. The van der Waals surface area contributed by atoms with Gasteiger partial charge in [-0.1, -0.05) is 38.5 Å². The van der Waals surface area contributed by atoms with E-state index in [9.17, 15) is 4.39 Å². The molecule has 98 valence electrons. The molecule has 1 unspecified atom stereocenters. The van der Waals surface area contributed by atoms with Crippen LogP contribution in [0.25, 0.3) is 0 Å². The van der Waals surface area contributed by atoms with Gasteiger partial charge in [0.25, 0.3) is 0 Å². The highest BCUT2D eigenvalue weighted by molar-refractivity contribution is 5.91. The van der Waals surface area contributed by atoms with Crippen LogP contribution < -0.4 is 5.43 Å². The maximum atomic E-state index is 13.6. The molecule has 2 heterocycles. The zero-order valence-electron chi connectivity index (χ0n) is 11.0. The quantitative estimate of drug-likeness (QED) is 0.828. The van der Waals surface area contributed by atoms with Crippen molar-refractivity contribution in [2.75, 3.05) is 13.2 Å². The molecule has 0 radical (unpaired) electrons. The Hall–Kier alpha value is -1.42. The Balaban J connectivity index is 0.000000367. The van der Waals surface area contributed by atoms with Crippen molar-refractivity contribution in [2.24, 2.45) is 4.99 Å². The number of aliphatic imine (C=N–C) groups is 1. The molecule has 4 heteroatoms. The van der Waals surface area contributed by atoms with E-state index >= 15 is 0 Å². The molecule has 0 saturated carbocycles. The first-order chi connectivity index (χ1) is 8.77. The number of halogens is 1. The van der Waals surface area contributed by atoms with Gasteiger partial charge < -0.3 is 0 Å². The summed E-state index contributed by atoms with van der Waals surface area (Å²) in [7, 11) is 0. The Bertz CT molecular complexity index is 431. The van der Waals surface area contributed by atoms with E-state index < -0.39 is 0 Å². The number of fused-ring (bicyclic) bond motifs is 1. The Morgan fingerprint density at radius 3 is 2.83 bits per heavy atom. The monoisotopic (exact) mass is 249 g/mol. The number of hydrogen-bond acceptors (Lipinski definition) is 3. The van der Waals surface area contributed by atoms with Gasteiger partial charge in [-0.2, -0.15) is 0 Å². The van der Waals surface area contributed by atoms with Crippen LogP contribution in [0.1, 0.15) is 38.2 Å². The molecule has 1 saturated heterocycles. The van der Waals surface area contributed by atoms with Crippen molar-refractivity contribution in [3.63, 3.8) is 0 Å². The Labute approximate surface area is 108 Å². The summed E-state index contributed by atoms with van der Waals surface area (Å²) in [4.78, 5) is 4.36. The minimum atomic E-state index is -0.126. The second-order valence-electron chi connectivity index (χ2n) is 4.55. The molecular weight excluding hydrogens is 229 g/mol. The molecule has 18 heavy (non-hydrogen) atoms. The van der Waals surface area contributed by atoms with Gasteiger partial charge in [-0.3, -0.25) is 10.0 Å². The summed E-state index contributed by atoms with van der Waals surface area (Å²) in [5.74, 6) is 0.986. The van der Waals surface area contributed by atoms with Crippen molar-refractivity contribution >= 4 is 5.84 Å². The van der Waals surface area contributed by atoms with Crippen molar-refractivity contribution in [2.45, 2.75) is 32.6 Å². The van der Waals surface area contributed by atoms with Crippen LogP contribution in [0.4, 0.5) is 4.39 Å². The maximum absolute atomic E-state index is 13.6. The van der Waals surface area contributed by atoms with Crippen molar-refractivity contribution in [1.82, 2.24) is 10.4 Å². The topological polar surface area (TPSA) is 27.6 Å². The molecule has 0 bridgehead atoms. The van der Waals surface area contributed by atoms with Crippen LogP contribution in [0, 0.1) is 5.82 Å². The third-order valence-corrected chi connectivity index (χ3v) is 3.01. The highest BCUT2D eigenvalue weighted by Gasteiger charge is 2.34. The molecule has 3 rings (SSSR count). The molecule has 0 spiro atoms. The second-order valence-corrected chi connectivity index (χ2v) is 4.55. The van der Waals surface area contributed by atoms with Gasteiger partial charge in [-0.05, 0) is 18.1 Å². The standard InChI is InChI=1S/C11H12FN3.C3H8/c12-10-4-2-1-3-8(10)9-5-6-15-11(9)13-7-14-15;1-3-2/h1-4,9,14H,5-7H2;3H2,1-2H3. The molecule has 0 amide bonds. The van der Waals surface area contributed by atoms with E-state index in [-0.39, 0.29) is 11.7 Å². The molecule has 1 atom stereocenters. The molecule has 1 N–H and O–H groups in total. The van der Waals surface area contributed by atoms with E-state index in [0.29, 0.717) is 6.67 Å². The first-order valence-corrected chi connectivity index (χ1v) is 6.57. The van der Waals surface area contributed by atoms with Crippen LogP contribution in [-0.4, -0.2) is 24.1 Å².